The highest BCUT2D eigenvalue weighted by atomic mass is 32.2. The van der Waals surface area contributed by atoms with Crippen molar-refractivity contribution in [2.45, 2.75) is 0 Å². The second-order valence-corrected chi connectivity index (χ2v) is 6.27. The van der Waals surface area contributed by atoms with Crippen molar-refractivity contribution in [3.05, 3.63) is 59.7 Å². The van der Waals surface area contributed by atoms with Crippen LogP contribution in [-0.4, -0.2) is 37.3 Å². The van der Waals surface area contributed by atoms with E-state index in [1.54, 1.807) is 23.0 Å². The van der Waals surface area contributed by atoms with Gasteiger partial charge in [-0.05, 0) is 35.9 Å². The summed E-state index contributed by atoms with van der Waals surface area (Å²) >= 11 is 1.42. The fourth-order valence-electron chi connectivity index (χ4n) is 2.62. The van der Waals surface area contributed by atoms with E-state index in [1.807, 2.05) is 18.2 Å². The molecule has 0 saturated carbocycles. The zero-order valence-electron chi connectivity index (χ0n) is 12.3. The number of nitrogens with zero attached hydrogens (tertiary/aromatic N) is 3. The summed E-state index contributed by atoms with van der Waals surface area (Å²) in [5, 5.41) is 9.12. The number of imidazole rings is 1. The lowest BCUT2D eigenvalue weighted by Gasteiger charge is -2.15. The Kier molecular flexibility index (Phi) is 3.42. The van der Waals surface area contributed by atoms with Gasteiger partial charge in [-0.15, -0.1) is 11.8 Å². The molecule has 1 N–H and O–H groups in total. The molecule has 0 bridgehead atoms. The van der Waals surface area contributed by atoms with Crippen molar-refractivity contribution in [2.75, 3.05) is 5.75 Å². The molecule has 3 aromatic rings. The van der Waals surface area contributed by atoms with Gasteiger partial charge in [-0.1, -0.05) is 6.07 Å². The molecule has 1 aliphatic heterocycles. The van der Waals surface area contributed by atoms with E-state index >= 15 is 0 Å². The molecule has 7 heteroatoms. The number of carboxylic acid groups (broad SMARTS) is 1. The van der Waals surface area contributed by atoms with Crippen LogP contribution in [0.25, 0.3) is 22.0 Å². The molecule has 6 nitrogen and oxygen atoms in total. The molecule has 0 unspecified atom stereocenters. The van der Waals surface area contributed by atoms with Crippen LogP contribution in [0, 0.1) is 0 Å². The van der Waals surface area contributed by atoms with E-state index in [0.717, 1.165) is 10.5 Å². The number of rotatable bonds is 2. The maximum Gasteiger partial charge on any atom is 0.335 e. The summed E-state index contributed by atoms with van der Waals surface area (Å²) in [6, 6.07) is 8.37. The Hall–Kier alpha value is -2.93. The number of hydrogen-bond donors (Lipinski definition) is 1. The molecule has 4 rings (SSSR count). The van der Waals surface area contributed by atoms with Gasteiger partial charge in [0.15, 0.2) is 5.82 Å². The number of benzene rings is 1. The first-order valence-corrected chi connectivity index (χ1v) is 8.16. The quantitative estimate of drug-likeness (QED) is 0.774. The topological polar surface area (TPSA) is 85.1 Å². The molecule has 0 saturated heterocycles. The summed E-state index contributed by atoms with van der Waals surface area (Å²) in [5.74, 6) is -0.234. The van der Waals surface area contributed by atoms with Crippen LogP contribution in [0.3, 0.4) is 0 Å². The largest absolute Gasteiger partial charge is 0.478 e. The number of aromatic nitrogens is 3. The highest BCUT2D eigenvalue weighted by Gasteiger charge is 2.26. The lowest BCUT2D eigenvalue weighted by molar-refractivity contribution is 0.0696. The number of hydrogen-bond acceptors (Lipinski definition) is 5. The molecule has 0 radical (unpaired) electrons. The van der Waals surface area contributed by atoms with Crippen LogP contribution in [-0.2, 0) is 0 Å². The Morgan fingerprint density at radius 1 is 1.33 bits per heavy atom. The fourth-order valence-corrected chi connectivity index (χ4v) is 3.51. The summed E-state index contributed by atoms with van der Waals surface area (Å²) in [5.41, 5.74) is 2.19. The highest BCUT2D eigenvalue weighted by Crippen LogP contribution is 2.35. The van der Waals surface area contributed by atoms with Gasteiger partial charge in [-0.25, -0.2) is 9.78 Å². The summed E-state index contributed by atoms with van der Waals surface area (Å²) in [7, 11) is 0. The van der Waals surface area contributed by atoms with E-state index < -0.39 is 5.97 Å². The van der Waals surface area contributed by atoms with Crippen LogP contribution in [0.2, 0.25) is 0 Å². The fraction of sp³-hybridized carbons (Fsp3) is 0.0588. The molecular formula is C17H11N3O3S. The van der Waals surface area contributed by atoms with Crippen LogP contribution in [0.5, 0.6) is 0 Å². The van der Waals surface area contributed by atoms with Crippen molar-refractivity contribution >= 4 is 45.7 Å². The number of aromatic carboxylic acids is 1. The van der Waals surface area contributed by atoms with Gasteiger partial charge in [-0.3, -0.25) is 14.3 Å². The minimum Gasteiger partial charge on any atom is -0.478 e. The average molecular weight is 337 g/mol. The SMILES string of the molecule is O=C(O)c1ccc2c(c1)nc1n2C(=O)CS/C1=C/c1cccnc1. The molecular weight excluding hydrogens is 326 g/mol. The Labute approximate surface area is 140 Å². The molecule has 2 aromatic heterocycles. The predicted molar refractivity (Wildman–Crippen MR) is 91.9 cm³/mol. The van der Waals surface area contributed by atoms with Crippen molar-refractivity contribution < 1.29 is 14.7 Å². The van der Waals surface area contributed by atoms with Crippen LogP contribution < -0.4 is 0 Å². The molecule has 0 fully saturated rings. The van der Waals surface area contributed by atoms with E-state index in [9.17, 15) is 9.59 Å². The number of carbonyl (C=O) groups is 2. The van der Waals surface area contributed by atoms with Gasteiger partial charge >= 0.3 is 5.97 Å². The van der Waals surface area contributed by atoms with E-state index in [2.05, 4.69) is 9.97 Å². The zero-order valence-corrected chi connectivity index (χ0v) is 13.2. The number of thioether (sulfide) groups is 1. The number of carbonyl (C=O) groups excluding carboxylic acids is 1. The molecule has 1 aliphatic rings. The minimum atomic E-state index is -1.02. The Balaban J connectivity index is 1.91. The monoisotopic (exact) mass is 337 g/mol. The van der Waals surface area contributed by atoms with Crippen molar-refractivity contribution in [1.29, 1.82) is 0 Å². The van der Waals surface area contributed by atoms with Gasteiger partial charge in [0, 0.05) is 12.4 Å². The van der Waals surface area contributed by atoms with Crippen LogP contribution in [0.15, 0.2) is 42.7 Å². The molecule has 1 aromatic carbocycles. The first-order chi connectivity index (χ1) is 11.6. The average Bonchev–Trinajstić information content (AvgIpc) is 2.98. The van der Waals surface area contributed by atoms with Crippen molar-refractivity contribution in [2.24, 2.45) is 0 Å². The van der Waals surface area contributed by atoms with Gasteiger partial charge < -0.3 is 5.11 Å². The van der Waals surface area contributed by atoms with Crippen LogP contribution >= 0.6 is 11.8 Å². The maximum absolute atomic E-state index is 12.3. The minimum absolute atomic E-state index is 0.0658. The first-order valence-electron chi connectivity index (χ1n) is 7.17. The second-order valence-electron chi connectivity index (χ2n) is 5.26. The number of pyridine rings is 1. The zero-order chi connectivity index (χ0) is 16.7. The third-order valence-corrected chi connectivity index (χ3v) is 4.71. The standard InChI is InChI=1S/C17H11N3O3S/c21-15-9-24-14(6-10-2-1-5-18-8-10)16-19-12-7-11(17(22)23)3-4-13(12)20(15)16/h1-8H,9H2,(H,22,23)/b14-6+. The summed E-state index contributed by atoms with van der Waals surface area (Å²) in [6.45, 7) is 0. The molecule has 0 atom stereocenters. The Morgan fingerprint density at radius 2 is 2.21 bits per heavy atom. The van der Waals surface area contributed by atoms with E-state index in [4.69, 9.17) is 5.11 Å². The summed E-state index contributed by atoms with van der Waals surface area (Å²) < 4.78 is 1.56. The smallest absolute Gasteiger partial charge is 0.335 e. The van der Waals surface area contributed by atoms with Crippen molar-refractivity contribution in [3.63, 3.8) is 0 Å². The number of carboxylic acids is 1. The molecule has 118 valence electrons. The Bertz CT molecular complexity index is 1010. The number of fused-ring (bicyclic) bond motifs is 3. The lowest BCUT2D eigenvalue weighted by atomic mass is 10.2. The van der Waals surface area contributed by atoms with E-state index in [1.165, 1.54) is 23.9 Å². The molecule has 3 heterocycles. The predicted octanol–water partition coefficient (Wildman–Crippen LogP) is 3.01. The molecule has 0 spiro atoms. The van der Waals surface area contributed by atoms with Crippen molar-refractivity contribution in [3.8, 4) is 0 Å². The first kappa shape index (κ1) is 14.6. The highest BCUT2D eigenvalue weighted by molar-refractivity contribution is 8.09. The van der Waals surface area contributed by atoms with E-state index in [0.29, 0.717) is 22.6 Å². The molecule has 0 amide bonds. The Morgan fingerprint density at radius 3 is 2.96 bits per heavy atom. The molecule has 24 heavy (non-hydrogen) atoms. The summed E-state index contributed by atoms with van der Waals surface area (Å²) in [4.78, 5) is 32.9. The van der Waals surface area contributed by atoms with Gasteiger partial charge in [0.1, 0.15) is 0 Å². The third-order valence-electron chi connectivity index (χ3n) is 3.70. The third kappa shape index (κ3) is 2.39. The van der Waals surface area contributed by atoms with Crippen LogP contribution in [0.4, 0.5) is 0 Å². The van der Waals surface area contributed by atoms with E-state index in [-0.39, 0.29) is 11.5 Å². The second kappa shape index (κ2) is 5.61. The lowest BCUT2D eigenvalue weighted by Crippen LogP contribution is -2.20. The normalized spacial score (nSPS) is 15.7. The summed E-state index contributed by atoms with van der Waals surface area (Å²) in [6.07, 6.45) is 5.36. The van der Waals surface area contributed by atoms with Crippen molar-refractivity contribution in [1.82, 2.24) is 14.5 Å². The molecule has 0 aliphatic carbocycles. The van der Waals surface area contributed by atoms with Gasteiger partial charge in [0.25, 0.3) is 0 Å². The van der Waals surface area contributed by atoms with Crippen LogP contribution in [0.1, 0.15) is 26.5 Å². The van der Waals surface area contributed by atoms with Gasteiger partial charge in [0.05, 0.1) is 27.3 Å². The van der Waals surface area contributed by atoms with Gasteiger partial charge in [0.2, 0.25) is 5.91 Å². The maximum atomic E-state index is 12.3. The van der Waals surface area contributed by atoms with Gasteiger partial charge in [-0.2, -0.15) is 0 Å².